The Balaban J connectivity index is 1.88. The number of aryl methyl sites for hydroxylation is 2. The number of carbonyl (C=O) groups is 1. The van der Waals surface area contributed by atoms with Crippen LogP contribution in [0.25, 0.3) is 0 Å². The monoisotopic (exact) mass is 315 g/mol. The maximum atomic E-state index is 13.2. The third-order valence-corrected chi connectivity index (χ3v) is 3.78. The Morgan fingerprint density at radius 1 is 1.04 bits per heavy atom. The number of hydrogen-bond donors (Lipinski definition) is 1. The molecule has 0 saturated heterocycles. The van der Waals surface area contributed by atoms with E-state index >= 15 is 0 Å². The molecule has 0 radical (unpaired) electrons. The molecule has 5 heteroatoms. The van der Waals surface area contributed by atoms with Gasteiger partial charge in [-0.05, 0) is 55.3 Å². The minimum Gasteiger partial charge on any atom is -0.490 e. The van der Waals surface area contributed by atoms with Crippen LogP contribution in [-0.2, 0) is 0 Å². The lowest BCUT2D eigenvalue weighted by Gasteiger charge is -2.13. The molecule has 0 fully saturated rings. The summed E-state index contributed by atoms with van der Waals surface area (Å²) in [4.78, 5) is 12.5. The van der Waals surface area contributed by atoms with Crippen LogP contribution in [0.1, 0.15) is 27.9 Å². The Hall–Kier alpha value is -2.56. The molecule has 3 rings (SSSR count). The van der Waals surface area contributed by atoms with E-state index in [1.807, 2.05) is 13.0 Å². The summed E-state index contributed by atoms with van der Waals surface area (Å²) >= 11 is 0. The van der Waals surface area contributed by atoms with Crippen molar-refractivity contribution in [2.45, 2.75) is 20.3 Å². The van der Waals surface area contributed by atoms with Gasteiger partial charge in [-0.1, -0.05) is 0 Å². The average Bonchev–Trinajstić information content (AvgIpc) is 2.74. The van der Waals surface area contributed by atoms with Crippen molar-refractivity contribution in [1.29, 1.82) is 0 Å². The number of nitrogens with one attached hydrogen (secondary N) is 1. The van der Waals surface area contributed by atoms with E-state index in [0.717, 1.165) is 12.0 Å². The van der Waals surface area contributed by atoms with Crippen LogP contribution in [0.2, 0.25) is 0 Å². The highest BCUT2D eigenvalue weighted by molar-refractivity contribution is 6.06. The fraction of sp³-hybridized carbons (Fsp3) is 0.278. The molecule has 0 atom stereocenters. The molecular weight excluding hydrogens is 297 g/mol. The van der Waals surface area contributed by atoms with Crippen LogP contribution >= 0.6 is 0 Å². The van der Waals surface area contributed by atoms with Gasteiger partial charge in [-0.25, -0.2) is 4.39 Å². The predicted octanol–water partition coefficient (Wildman–Crippen LogP) is 3.86. The molecule has 1 amide bonds. The summed E-state index contributed by atoms with van der Waals surface area (Å²) in [6, 6.07) is 7.78. The van der Waals surface area contributed by atoms with Crippen LogP contribution in [-0.4, -0.2) is 19.1 Å². The molecule has 2 aromatic carbocycles. The molecular formula is C18H18FNO3. The largest absolute Gasteiger partial charge is 0.490 e. The minimum absolute atomic E-state index is 0.257. The van der Waals surface area contributed by atoms with Crippen molar-refractivity contribution in [1.82, 2.24) is 0 Å². The Morgan fingerprint density at radius 3 is 2.43 bits per heavy atom. The van der Waals surface area contributed by atoms with Gasteiger partial charge in [0.1, 0.15) is 5.82 Å². The molecule has 0 saturated carbocycles. The van der Waals surface area contributed by atoms with Gasteiger partial charge in [0.25, 0.3) is 5.91 Å². The second-order valence-corrected chi connectivity index (χ2v) is 5.58. The highest BCUT2D eigenvalue weighted by Crippen LogP contribution is 2.33. The summed E-state index contributed by atoms with van der Waals surface area (Å²) in [5, 5.41) is 2.82. The van der Waals surface area contributed by atoms with Crippen LogP contribution in [0.15, 0.2) is 30.3 Å². The van der Waals surface area contributed by atoms with Gasteiger partial charge in [0, 0.05) is 17.7 Å². The molecule has 120 valence electrons. The van der Waals surface area contributed by atoms with E-state index in [4.69, 9.17) is 9.47 Å². The first-order chi connectivity index (χ1) is 11.0. The Labute approximate surface area is 134 Å². The molecule has 1 heterocycles. The standard InChI is InChI=1S/C18H18FNO3/c1-11-9-16-17(23-7-3-6-22-16)10-14(11)18(21)20-15-5-4-13(19)8-12(15)2/h4-5,8-10H,3,6-7H2,1-2H3,(H,20,21). The van der Waals surface area contributed by atoms with Gasteiger partial charge in [0.15, 0.2) is 11.5 Å². The second kappa shape index (κ2) is 6.28. The molecule has 1 N–H and O–H groups in total. The van der Waals surface area contributed by atoms with E-state index < -0.39 is 0 Å². The topological polar surface area (TPSA) is 47.6 Å². The zero-order valence-electron chi connectivity index (χ0n) is 13.1. The maximum Gasteiger partial charge on any atom is 0.256 e. The summed E-state index contributed by atoms with van der Waals surface area (Å²) in [7, 11) is 0. The van der Waals surface area contributed by atoms with Gasteiger partial charge in [0.05, 0.1) is 13.2 Å². The van der Waals surface area contributed by atoms with Gasteiger partial charge in [-0.2, -0.15) is 0 Å². The highest BCUT2D eigenvalue weighted by atomic mass is 19.1. The van der Waals surface area contributed by atoms with Crippen molar-refractivity contribution in [2.24, 2.45) is 0 Å². The summed E-state index contributed by atoms with van der Waals surface area (Å²) in [6.45, 7) is 4.77. The zero-order valence-corrected chi connectivity index (χ0v) is 13.1. The van der Waals surface area contributed by atoms with E-state index in [2.05, 4.69) is 5.32 Å². The van der Waals surface area contributed by atoms with Gasteiger partial charge in [0.2, 0.25) is 0 Å². The number of rotatable bonds is 2. The summed E-state index contributed by atoms with van der Waals surface area (Å²) in [5.74, 6) is 0.656. The van der Waals surface area contributed by atoms with Gasteiger partial charge in [-0.3, -0.25) is 4.79 Å². The van der Waals surface area contributed by atoms with E-state index in [1.54, 1.807) is 19.1 Å². The molecule has 23 heavy (non-hydrogen) atoms. The lowest BCUT2D eigenvalue weighted by molar-refractivity contribution is 0.102. The van der Waals surface area contributed by atoms with Crippen molar-refractivity contribution in [3.63, 3.8) is 0 Å². The fourth-order valence-corrected chi connectivity index (χ4v) is 2.51. The molecule has 0 unspecified atom stereocenters. The van der Waals surface area contributed by atoms with Crippen molar-refractivity contribution in [3.05, 3.63) is 52.8 Å². The molecule has 0 aromatic heterocycles. The number of hydrogen-bond acceptors (Lipinski definition) is 3. The summed E-state index contributed by atoms with van der Waals surface area (Å²) in [6.07, 6.45) is 0.810. The molecule has 0 bridgehead atoms. The number of halogens is 1. The van der Waals surface area contributed by atoms with E-state index in [-0.39, 0.29) is 11.7 Å². The highest BCUT2D eigenvalue weighted by Gasteiger charge is 2.17. The lowest BCUT2D eigenvalue weighted by atomic mass is 10.1. The zero-order chi connectivity index (χ0) is 16.4. The van der Waals surface area contributed by atoms with Crippen LogP contribution < -0.4 is 14.8 Å². The Bertz CT molecular complexity index is 758. The van der Waals surface area contributed by atoms with Gasteiger partial charge < -0.3 is 14.8 Å². The summed E-state index contributed by atoms with van der Waals surface area (Å²) < 4.78 is 24.4. The number of fused-ring (bicyclic) bond motifs is 1. The molecule has 0 spiro atoms. The van der Waals surface area contributed by atoms with Crippen molar-refractivity contribution >= 4 is 11.6 Å². The SMILES string of the molecule is Cc1cc(F)ccc1NC(=O)c1cc2c(cc1C)OCCCO2. The van der Waals surface area contributed by atoms with E-state index in [0.29, 0.717) is 41.5 Å². The molecule has 2 aromatic rings. The number of benzene rings is 2. The Morgan fingerprint density at radius 2 is 1.74 bits per heavy atom. The minimum atomic E-state index is -0.327. The third-order valence-electron chi connectivity index (χ3n) is 3.78. The first-order valence-electron chi connectivity index (χ1n) is 7.52. The van der Waals surface area contributed by atoms with Crippen LogP contribution in [0.4, 0.5) is 10.1 Å². The van der Waals surface area contributed by atoms with Crippen molar-refractivity contribution in [3.8, 4) is 11.5 Å². The Kier molecular flexibility index (Phi) is 4.19. The third kappa shape index (κ3) is 3.28. The fourth-order valence-electron chi connectivity index (χ4n) is 2.51. The molecule has 4 nitrogen and oxygen atoms in total. The number of carbonyl (C=O) groups excluding carboxylic acids is 1. The van der Waals surface area contributed by atoms with E-state index in [1.165, 1.54) is 12.1 Å². The molecule has 0 aliphatic carbocycles. The first kappa shape index (κ1) is 15.3. The lowest BCUT2D eigenvalue weighted by Crippen LogP contribution is -2.14. The number of amides is 1. The van der Waals surface area contributed by atoms with Gasteiger partial charge >= 0.3 is 0 Å². The second-order valence-electron chi connectivity index (χ2n) is 5.58. The van der Waals surface area contributed by atoms with E-state index in [9.17, 15) is 9.18 Å². The van der Waals surface area contributed by atoms with Crippen molar-refractivity contribution < 1.29 is 18.7 Å². The van der Waals surface area contributed by atoms with Crippen LogP contribution in [0.3, 0.4) is 0 Å². The maximum absolute atomic E-state index is 13.2. The average molecular weight is 315 g/mol. The molecule has 1 aliphatic heterocycles. The first-order valence-corrected chi connectivity index (χ1v) is 7.52. The quantitative estimate of drug-likeness (QED) is 0.915. The van der Waals surface area contributed by atoms with Crippen molar-refractivity contribution in [2.75, 3.05) is 18.5 Å². The van der Waals surface area contributed by atoms with Crippen LogP contribution in [0.5, 0.6) is 11.5 Å². The predicted molar refractivity (Wildman–Crippen MR) is 85.9 cm³/mol. The smallest absolute Gasteiger partial charge is 0.256 e. The van der Waals surface area contributed by atoms with Crippen LogP contribution in [0, 0.1) is 19.7 Å². The normalized spacial score (nSPS) is 13.3. The number of ether oxygens (including phenoxy) is 2. The molecule has 1 aliphatic rings. The van der Waals surface area contributed by atoms with Gasteiger partial charge in [-0.15, -0.1) is 0 Å². The number of anilines is 1. The summed E-state index contributed by atoms with van der Waals surface area (Å²) in [5.41, 5.74) is 2.57.